The number of nitrogens with zero attached hydrogens (tertiary/aromatic N) is 1. The number of aromatic carboxylic acids is 2. The zero-order valence-electron chi connectivity index (χ0n) is 9.21. The molecule has 0 spiro atoms. The average Bonchev–Trinajstić information content (AvgIpc) is 2.75. The molecular formula is C11H10N2O5. The Kier molecular flexibility index (Phi) is 2.88. The minimum Gasteiger partial charge on any atom is -0.478 e. The number of carboxylic acid groups (broad SMARTS) is 2. The molecule has 0 radical (unpaired) electrons. The second kappa shape index (κ2) is 4.36. The van der Waals surface area contributed by atoms with E-state index in [0.717, 1.165) is 6.07 Å². The van der Waals surface area contributed by atoms with E-state index >= 15 is 0 Å². The summed E-state index contributed by atoms with van der Waals surface area (Å²) in [5.74, 6) is -2.62. The Balaban J connectivity index is 2.43. The number of anilines is 1. The fourth-order valence-electron chi connectivity index (χ4n) is 1.68. The van der Waals surface area contributed by atoms with Crippen molar-refractivity contribution in [1.29, 1.82) is 0 Å². The first-order chi connectivity index (χ1) is 8.47. The van der Waals surface area contributed by atoms with Crippen LogP contribution >= 0.6 is 0 Å². The summed E-state index contributed by atoms with van der Waals surface area (Å²) in [4.78, 5) is 32.9. The molecule has 0 unspecified atom stereocenters. The van der Waals surface area contributed by atoms with Crippen LogP contribution in [0.3, 0.4) is 0 Å². The molecule has 0 aromatic heterocycles. The number of benzene rings is 1. The van der Waals surface area contributed by atoms with Crippen LogP contribution in [0.1, 0.15) is 27.1 Å². The summed E-state index contributed by atoms with van der Waals surface area (Å²) in [6, 6.07) is 3.72. The second-order valence-corrected chi connectivity index (χ2v) is 3.82. The Morgan fingerprint density at radius 1 is 1.11 bits per heavy atom. The fourth-order valence-corrected chi connectivity index (χ4v) is 1.68. The molecule has 1 saturated heterocycles. The number of rotatable bonds is 3. The third kappa shape index (κ3) is 2.24. The standard InChI is InChI=1S/C11H10N2O5/c14-9-1-2-13(12-9)8-4-6(10(15)16)3-7(5-8)11(17)18/h3-5H,1-2H2,(H,12,14)(H,15,16)(H,17,18). The number of carbonyl (C=O) groups is 3. The van der Waals surface area contributed by atoms with E-state index in [4.69, 9.17) is 10.2 Å². The summed E-state index contributed by atoms with van der Waals surface area (Å²) >= 11 is 0. The van der Waals surface area contributed by atoms with E-state index in [9.17, 15) is 14.4 Å². The lowest BCUT2D eigenvalue weighted by Gasteiger charge is -2.18. The largest absolute Gasteiger partial charge is 0.478 e. The predicted molar refractivity (Wildman–Crippen MR) is 60.5 cm³/mol. The Hall–Kier alpha value is -2.57. The minimum absolute atomic E-state index is 0.133. The Morgan fingerprint density at radius 2 is 1.67 bits per heavy atom. The van der Waals surface area contributed by atoms with Gasteiger partial charge in [-0.15, -0.1) is 0 Å². The number of carbonyl (C=O) groups excluding carboxylic acids is 1. The van der Waals surface area contributed by atoms with Gasteiger partial charge in [0.05, 0.1) is 16.8 Å². The summed E-state index contributed by atoms with van der Waals surface area (Å²) < 4.78 is 0. The van der Waals surface area contributed by atoms with E-state index in [1.165, 1.54) is 17.1 Å². The molecule has 2 rings (SSSR count). The SMILES string of the molecule is O=C1CCN(c2cc(C(=O)O)cc(C(=O)O)c2)N1. The van der Waals surface area contributed by atoms with Gasteiger partial charge in [-0.2, -0.15) is 0 Å². The maximum Gasteiger partial charge on any atom is 0.335 e. The first-order valence-corrected chi connectivity index (χ1v) is 5.16. The minimum atomic E-state index is -1.22. The Bertz CT molecular complexity index is 508. The zero-order chi connectivity index (χ0) is 13.3. The molecule has 0 saturated carbocycles. The van der Waals surface area contributed by atoms with E-state index in [1.807, 2.05) is 0 Å². The maximum absolute atomic E-state index is 11.1. The normalized spacial score (nSPS) is 14.4. The van der Waals surface area contributed by atoms with E-state index in [2.05, 4.69) is 5.43 Å². The number of amides is 1. The fraction of sp³-hybridized carbons (Fsp3) is 0.182. The van der Waals surface area contributed by atoms with Crippen molar-refractivity contribution in [3.05, 3.63) is 29.3 Å². The summed E-state index contributed by atoms with van der Waals surface area (Å²) in [5, 5.41) is 19.3. The molecule has 1 aliphatic rings. The number of nitrogens with one attached hydrogen (secondary N) is 1. The Morgan fingerprint density at radius 3 is 2.06 bits per heavy atom. The monoisotopic (exact) mass is 250 g/mol. The molecule has 94 valence electrons. The lowest BCUT2D eigenvalue weighted by atomic mass is 10.1. The van der Waals surface area contributed by atoms with Crippen molar-refractivity contribution >= 4 is 23.5 Å². The third-order valence-electron chi connectivity index (χ3n) is 2.55. The lowest BCUT2D eigenvalue weighted by molar-refractivity contribution is -0.119. The van der Waals surface area contributed by atoms with Crippen molar-refractivity contribution in [3.8, 4) is 0 Å². The molecular weight excluding hydrogens is 240 g/mol. The van der Waals surface area contributed by atoms with Crippen molar-refractivity contribution in [2.45, 2.75) is 6.42 Å². The molecule has 7 nitrogen and oxygen atoms in total. The number of hydrazine groups is 1. The maximum atomic E-state index is 11.1. The molecule has 7 heteroatoms. The van der Waals surface area contributed by atoms with Gasteiger partial charge in [-0.3, -0.25) is 15.2 Å². The van der Waals surface area contributed by atoms with E-state index < -0.39 is 11.9 Å². The van der Waals surface area contributed by atoms with Crippen molar-refractivity contribution in [1.82, 2.24) is 5.43 Å². The smallest absolute Gasteiger partial charge is 0.335 e. The molecule has 1 aromatic rings. The van der Waals surface area contributed by atoms with Gasteiger partial charge in [0.2, 0.25) is 5.91 Å². The topological polar surface area (TPSA) is 107 Å². The second-order valence-electron chi connectivity index (χ2n) is 3.82. The van der Waals surface area contributed by atoms with Crippen LogP contribution in [0.15, 0.2) is 18.2 Å². The molecule has 1 heterocycles. The Labute approximate surface area is 102 Å². The molecule has 3 N–H and O–H groups in total. The highest BCUT2D eigenvalue weighted by atomic mass is 16.4. The quantitative estimate of drug-likeness (QED) is 0.713. The van der Waals surface area contributed by atoms with Gasteiger partial charge in [0.25, 0.3) is 0 Å². The predicted octanol–water partition coefficient (Wildman–Crippen LogP) is 0.324. The van der Waals surface area contributed by atoms with Crippen LogP contribution in [0.2, 0.25) is 0 Å². The highest BCUT2D eigenvalue weighted by molar-refractivity contribution is 5.96. The highest BCUT2D eigenvalue weighted by Gasteiger charge is 2.21. The van der Waals surface area contributed by atoms with Gasteiger partial charge in [-0.05, 0) is 18.2 Å². The van der Waals surface area contributed by atoms with Crippen LogP contribution < -0.4 is 10.4 Å². The zero-order valence-corrected chi connectivity index (χ0v) is 9.21. The molecule has 1 aromatic carbocycles. The van der Waals surface area contributed by atoms with Crippen LogP contribution in [0.5, 0.6) is 0 Å². The highest BCUT2D eigenvalue weighted by Crippen LogP contribution is 2.20. The van der Waals surface area contributed by atoms with E-state index in [-0.39, 0.29) is 17.0 Å². The van der Waals surface area contributed by atoms with E-state index in [0.29, 0.717) is 18.7 Å². The van der Waals surface area contributed by atoms with E-state index in [1.54, 1.807) is 0 Å². The van der Waals surface area contributed by atoms with Crippen LogP contribution in [0, 0.1) is 0 Å². The number of hydrogen-bond donors (Lipinski definition) is 3. The molecule has 1 fully saturated rings. The van der Waals surface area contributed by atoms with Crippen LogP contribution in [0.4, 0.5) is 5.69 Å². The van der Waals surface area contributed by atoms with Gasteiger partial charge in [0, 0.05) is 13.0 Å². The summed E-state index contributed by atoms with van der Waals surface area (Å²) in [6.07, 6.45) is 0.291. The van der Waals surface area contributed by atoms with Crippen molar-refractivity contribution < 1.29 is 24.6 Å². The van der Waals surface area contributed by atoms with Gasteiger partial charge in [-0.25, -0.2) is 9.59 Å². The summed E-state index contributed by atoms with van der Waals surface area (Å²) in [5.41, 5.74) is 2.59. The molecule has 0 bridgehead atoms. The van der Waals surface area contributed by atoms with Crippen molar-refractivity contribution in [3.63, 3.8) is 0 Å². The van der Waals surface area contributed by atoms with Gasteiger partial charge < -0.3 is 10.2 Å². The van der Waals surface area contributed by atoms with Gasteiger partial charge in [0.15, 0.2) is 0 Å². The van der Waals surface area contributed by atoms with Crippen LogP contribution in [-0.4, -0.2) is 34.6 Å². The number of hydrogen-bond acceptors (Lipinski definition) is 4. The van der Waals surface area contributed by atoms with Gasteiger partial charge in [0.1, 0.15) is 0 Å². The van der Waals surface area contributed by atoms with Crippen molar-refractivity contribution in [2.24, 2.45) is 0 Å². The van der Waals surface area contributed by atoms with Crippen LogP contribution in [-0.2, 0) is 4.79 Å². The molecule has 1 aliphatic heterocycles. The van der Waals surface area contributed by atoms with Crippen molar-refractivity contribution in [2.75, 3.05) is 11.6 Å². The molecule has 1 amide bonds. The lowest BCUT2D eigenvalue weighted by Crippen LogP contribution is -2.33. The number of carboxylic acids is 2. The van der Waals surface area contributed by atoms with Gasteiger partial charge >= 0.3 is 11.9 Å². The van der Waals surface area contributed by atoms with Gasteiger partial charge in [-0.1, -0.05) is 0 Å². The summed E-state index contributed by atoms with van der Waals surface area (Å²) in [6.45, 7) is 0.376. The average molecular weight is 250 g/mol. The van der Waals surface area contributed by atoms with Crippen LogP contribution in [0.25, 0.3) is 0 Å². The molecule has 18 heavy (non-hydrogen) atoms. The first kappa shape index (κ1) is 11.9. The first-order valence-electron chi connectivity index (χ1n) is 5.16. The third-order valence-corrected chi connectivity index (χ3v) is 2.55. The molecule has 0 atom stereocenters. The summed E-state index contributed by atoms with van der Waals surface area (Å²) in [7, 11) is 0. The molecule has 0 aliphatic carbocycles.